The molecule has 0 heterocycles. The second kappa shape index (κ2) is 4.27. The highest BCUT2D eigenvalue weighted by Crippen LogP contribution is 2.20. The molecule has 76 valence electrons. The molecule has 1 rings (SSSR count). The van der Waals surface area contributed by atoms with Gasteiger partial charge < -0.3 is 10.5 Å². The van der Waals surface area contributed by atoms with Gasteiger partial charge in [-0.2, -0.15) is 0 Å². The number of methoxy groups -OCH3 is 1. The molecule has 0 aliphatic heterocycles. The van der Waals surface area contributed by atoms with Crippen molar-refractivity contribution in [1.29, 1.82) is 0 Å². The normalized spacial score (nSPS) is 14.6. The molecule has 1 aromatic rings. The molecule has 0 unspecified atom stereocenters. The SMILES string of the molecule is COC(=O)[C@](C)(N)c1ccc(I)cc1. The molecule has 0 spiro atoms. The summed E-state index contributed by atoms with van der Waals surface area (Å²) in [4.78, 5) is 11.4. The maximum atomic E-state index is 11.4. The molecule has 1 atom stereocenters. The van der Waals surface area contributed by atoms with Gasteiger partial charge in [-0.1, -0.05) is 12.1 Å². The number of carbonyl (C=O) groups excluding carboxylic acids is 1. The van der Waals surface area contributed by atoms with Gasteiger partial charge >= 0.3 is 5.97 Å². The topological polar surface area (TPSA) is 52.3 Å². The molecule has 4 heteroatoms. The molecule has 14 heavy (non-hydrogen) atoms. The summed E-state index contributed by atoms with van der Waals surface area (Å²) in [6.45, 7) is 1.64. The van der Waals surface area contributed by atoms with Gasteiger partial charge in [-0.25, -0.2) is 4.79 Å². The largest absolute Gasteiger partial charge is 0.467 e. The first-order valence-electron chi connectivity index (χ1n) is 4.12. The lowest BCUT2D eigenvalue weighted by atomic mass is 9.93. The van der Waals surface area contributed by atoms with Gasteiger partial charge in [0.25, 0.3) is 0 Å². The van der Waals surface area contributed by atoms with Crippen LogP contribution in [0.5, 0.6) is 0 Å². The molecule has 2 N–H and O–H groups in total. The van der Waals surface area contributed by atoms with Gasteiger partial charge in [-0.15, -0.1) is 0 Å². The fourth-order valence-corrected chi connectivity index (χ4v) is 1.49. The molecule has 0 saturated heterocycles. The number of hydrogen-bond acceptors (Lipinski definition) is 3. The van der Waals surface area contributed by atoms with Crippen molar-refractivity contribution in [3.05, 3.63) is 33.4 Å². The Morgan fingerprint density at radius 3 is 2.36 bits per heavy atom. The number of halogens is 1. The van der Waals surface area contributed by atoms with Crippen molar-refractivity contribution in [2.24, 2.45) is 5.73 Å². The van der Waals surface area contributed by atoms with E-state index >= 15 is 0 Å². The van der Waals surface area contributed by atoms with E-state index in [4.69, 9.17) is 5.73 Å². The maximum Gasteiger partial charge on any atom is 0.330 e. The molecule has 3 nitrogen and oxygen atoms in total. The quantitative estimate of drug-likeness (QED) is 0.667. The van der Waals surface area contributed by atoms with Gasteiger partial charge in [0.05, 0.1) is 7.11 Å². The van der Waals surface area contributed by atoms with E-state index in [1.165, 1.54) is 7.11 Å². The monoisotopic (exact) mass is 305 g/mol. The van der Waals surface area contributed by atoms with Crippen molar-refractivity contribution in [2.75, 3.05) is 7.11 Å². The minimum atomic E-state index is -1.07. The zero-order valence-electron chi connectivity index (χ0n) is 8.08. The van der Waals surface area contributed by atoms with Crippen LogP contribution in [-0.2, 0) is 15.1 Å². The van der Waals surface area contributed by atoms with Gasteiger partial charge in [0.2, 0.25) is 0 Å². The zero-order chi connectivity index (χ0) is 10.8. The Labute approximate surface area is 96.8 Å². The summed E-state index contributed by atoms with van der Waals surface area (Å²) in [5.74, 6) is -0.432. The van der Waals surface area contributed by atoms with Crippen LogP contribution >= 0.6 is 22.6 Å². The van der Waals surface area contributed by atoms with E-state index in [-0.39, 0.29) is 0 Å². The third-order valence-corrected chi connectivity index (χ3v) is 2.77. The van der Waals surface area contributed by atoms with Gasteiger partial charge in [0.1, 0.15) is 5.54 Å². The second-order valence-electron chi connectivity index (χ2n) is 3.20. The lowest BCUT2D eigenvalue weighted by Gasteiger charge is -2.21. The Hall–Kier alpha value is -0.620. The van der Waals surface area contributed by atoms with Crippen molar-refractivity contribution in [2.45, 2.75) is 12.5 Å². The van der Waals surface area contributed by atoms with E-state index < -0.39 is 11.5 Å². The van der Waals surface area contributed by atoms with Crippen LogP contribution in [-0.4, -0.2) is 13.1 Å². The maximum absolute atomic E-state index is 11.4. The number of benzene rings is 1. The van der Waals surface area contributed by atoms with Gasteiger partial charge in [0.15, 0.2) is 0 Å². The van der Waals surface area contributed by atoms with Crippen LogP contribution in [0.4, 0.5) is 0 Å². The summed E-state index contributed by atoms with van der Waals surface area (Å²) in [5.41, 5.74) is 5.55. The third kappa shape index (κ3) is 2.24. The Balaban J connectivity index is 3.03. The molecule has 1 aromatic carbocycles. The third-order valence-electron chi connectivity index (χ3n) is 2.05. The van der Waals surface area contributed by atoms with Crippen LogP contribution < -0.4 is 5.73 Å². The van der Waals surface area contributed by atoms with E-state index in [9.17, 15) is 4.79 Å². The first-order chi connectivity index (χ1) is 6.48. The van der Waals surface area contributed by atoms with Crippen LogP contribution in [0.3, 0.4) is 0 Å². The average Bonchev–Trinajstić information content (AvgIpc) is 2.17. The number of esters is 1. The lowest BCUT2D eigenvalue weighted by Crippen LogP contribution is -2.42. The molecule has 0 aliphatic carbocycles. The summed E-state index contributed by atoms with van der Waals surface area (Å²) in [6, 6.07) is 7.48. The Bertz CT molecular complexity index is 332. The molecular weight excluding hydrogens is 293 g/mol. The van der Waals surface area contributed by atoms with Crippen molar-refractivity contribution in [3.8, 4) is 0 Å². The van der Waals surface area contributed by atoms with E-state index in [0.29, 0.717) is 0 Å². The van der Waals surface area contributed by atoms with E-state index in [1.54, 1.807) is 6.92 Å². The predicted octanol–water partition coefficient (Wildman–Crippen LogP) is 1.64. The van der Waals surface area contributed by atoms with E-state index in [1.807, 2.05) is 24.3 Å². The van der Waals surface area contributed by atoms with Crippen LogP contribution in [0.2, 0.25) is 0 Å². The molecule has 0 radical (unpaired) electrons. The van der Waals surface area contributed by atoms with Crippen LogP contribution in [0.25, 0.3) is 0 Å². The standard InChI is InChI=1S/C10H12INO2/c1-10(12,9(13)14-2)7-3-5-8(11)6-4-7/h3-6H,12H2,1-2H3/t10-/m1/s1. The van der Waals surface area contributed by atoms with Gasteiger partial charge in [-0.05, 0) is 47.2 Å². The molecule has 0 bridgehead atoms. The summed E-state index contributed by atoms with van der Waals surface area (Å²) in [7, 11) is 1.33. The fraction of sp³-hybridized carbons (Fsp3) is 0.300. The molecule has 0 amide bonds. The minimum Gasteiger partial charge on any atom is -0.467 e. The Kier molecular flexibility index (Phi) is 3.49. The predicted molar refractivity (Wildman–Crippen MR) is 62.7 cm³/mol. The summed E-state index contributed by atoms with van der Waals surface area (Å²) < 4.78 is 5.74. The summed E-state index contributed by atoms with van der Waals surface area (Å²) in [5, 5.41) is 0. The minimum absolute atomic E-state index is 0.432. The number of carbonyl (C=O) groups is 1. The molecule has 0 aromatic heterocycles. The van der Waals surface area contributed by atoms with Crippen LogP contribution in [0.1, 0.15) is 12.5 Å². The van der Waals surface area contributed by atoms with Crippen molar-refractivity contribution in [3.63, 3.8) is 0 Å². The zero-order valence-corrected chi connectivity index (χ0v) is 10.2. The Morgan fingerprint density at radius 2 is 1.93 bits per heavy atom. The number of rotatable bonds is 2. The average molecular weight is 305 g/mol. The first-order valence-corrected chi connectivity index (χ1v) is 5.19. The second-order valence-corrected chi connectivity index (χ2v) is 4.45. The van der Waals surface area contributed by atoms with Gasteiger partial charge in [-0.3, -0.25) is 0 Å². The number of ether oxygens (including phenoxy) is 1. The first kappa shape index (κ1) is 11.5. The summed E-state index contributed by atoms with van der Waals surface area (Å²) in [6.07, 6.45) is 0. The van der Waals surface area contributed by atoms with E-state index in [0.717, 1.165) is 9.13 Å². The molecule has 0 fully saturated rings. The highest BCUT2D eigenvalue weighted by Gasteiger charge is 2.31. The van der Waals surface area contributed by atoms with Crippen molar-refractivity contribution < 1.29 is 9.53 Å². The number of nitrogens with two attached hydrogens (primary N) is 1. The highest BCUT2D eigenvalue weighted by atomic mass is 127. The number of hydrogen-bond donors (Lipinski definition) is 1. The fourth-order valence-electron chi connectivity index (χ4n) is 1.13. The van der Waals surface area contributed by atoms with Crippen molar-refractivity contribution >= 4 is 28.6 Å². The molecular formula is C10H12INO2. The molecule has 0 saturated carbocycles. The van der Waals surface area contributed by atoms with Gasteiger partial charge in [0, 0.05) is 3.57 Å². The highest BCUT2D eigenvalue weighted by molar-refractivity contribution is 14.1. The Morgan fingerprint density at radius 1 is 1.43 bits per heavy atom. The molecule has 0 aliphatic rings. The summed E-state index contributed by atoms with van der Waals surface area (Å²) >= 11 is 2.19. The van der Waals surface area contributed by atoms with Crippen LogP contribution in [0, 0.1) is 3.57 Å². The van der Waals surface area contributed by atoms with E-state index in [2.05, 4.69) is 27.3 Å². The smallest absolute Gasteiger partial charge is 0.330 e. The van der Waals surface area contributed by atoms with Crippen molar-refractivity contribution in [1.82, 2.24) is 0 Å². The van der Waals surface area contributed by atoms with Crippen LogP contribution in [0.15, 0.2) is 24.3 Å². The lowest BCUT2D eigenvalue weighted by molar-refractivity contribution is -0.146.